The van der Waals surface area contributed by atoms with Crippen LogP contribution in [0.25, 0.3) is 0 Å². The Hall–Kier alpha value is -2.38. The maximum absolute atomic E-state index is 12.2. The van der Waals surface area contributed by atoms with Crippen LogP contribution in [0.4, 0.5) is 0 Å². The fourth-order valence-corrected chi connectivity index (χ4v) is 3.21. The van der Waals surface area contributed by atoms with Crippen molar-refractivity contribution in [2.24, 2.45) is 24.8 Å². The maximum atomic E-state index is 12.2. The molecular weight excluding hydrogens is 312 g/mol. The third kappa shape index (κ3) is 3.58. The Morgan fingerprint density at radius 2 is 2.00 bits per heavy atom. The van der Waals surface area contributed by atoms with E-state index in [0.29, 0.717) is 37.5 Å². The van der Waals surface area contributed by atoms with Crippen LogP contribution in [-0.4, -0.2) is 57.2 Å². The average Bonchev–Trinajstić information content (AvgIpc) is 3.27. The summed E-state index contributed by atoms with van der Waals surface area (Å²) in [5.41, 5.74) is 0.540. The lowest BCUT2D eigenvalue weighted by molar-refractivity contribution is -0.142. The van der Waals surface area contributed by atoms with Crippen molar-refractivity contribution < 1.29 is 19.5 Å². The summed E-state index contributed by atoms with van der Waals surface area (Å²) in [6, 6.07) is 0. The lowest BCUT2D eigenvalue weighted by atomic mass is 9.96. The summed E-state index contributed by atoms with van der Waals surface area (Å²) in [5.74, 6) is -1.52. The first-order chi connectivity index (χ1) is 11.5. The zero-order valence-electron chi connectivity index (χ0n) is 13.6. The fraction of sp³-hybridized carbons (Fsp3) is 0.625. The van der Waals surface area contributed by atoms with Gasteiger partial charge in [-0.25, -0.2) is 0 Å². The largest absolute Gasteiger partial charge is 0.481 e. The summed E-state index contributed by atoms with van der Waals surface area (Å²) < 4.78 is 1.58. The molecule has 1 aliphatic carbocycles. The first kappa shape index (κ1) is 16.5. The van der Waals surface area contributed by atoms with Gasteiger partial charge >= 0.3 is 5.97 Å². The molecule has 0 aromatic carbocycles. The highest BCUT2D eigenvalue weighted by Gasteiger charge is 2.50. The number of carbonyl (C=O) groups is 3. The van der Waals surface area contributed by atoms with Gasteiger partial charge in [-0.2, -0.15) is 5.10 Å². The van der Waals surface area contributed by atoms with Crippen LogP contribution in [0.2, 0.25) is 0 Å². The number of piperidine rings is 1. The fourth-order valence-electron chi connectivity index (χ4n) is 3.21. The summed E-state index contributed by atoms with van der Waals surface area (Å²) in [6.07, 6.45) is 5.32. The lowest BCUT2D eigenvalue weighted by Gasteiger charge is -2.32. The van der Waals surface area contributed by atoms with E-state index in [1.54, 1.807) is 22.8 Å². The van der Waals surface area contributed by atoms with E-state index < -0.39 is 11.9 Å². The Labute approximate surface area is 139 Å². The number of aromatic nitrogens is 2. The molecule has 3 rings (SSSR count). The van der Waals surface area contributed by atoms with E-state index in [1.165, 1.54) is 6.20 Å². The van der Waals surface area contributed by atoms with Crippen molar-refractivity contribution in [2.45, 2.75) is 19.3 Å². The molecule has 2 heterocycles. The summed E-state index contributed by atoms with van der Waals surface area (Å²) in [4.78, 5) is 36.8. The van der Waals surface area contributed by atoms with Crippen molar-refractivity contribution in [2.75, 3.05) is 19.6 Å². The minimum atomic E-state index is -0.874. The number of nitrogens with zero attached hydrogens (tertiary/aromatic N) is 3. The van der Waals surface area contributed by atoms with Gasteiger partial charge in [0.05, 0.1) is 23.6 Å². The van der Waals surface area contributed by atoms with Crippen LogP contribution in [0.15, 0.2) is 12.4 Å². The van der Waals surface area contributed by atoms with Crippen molar-refractivity contribution in [3.05, 3.63) is 18.0 Å². The van der Waals surface area contributed by atoms with Crippen LogP contribution >= 0.6 is 0 Å². The number of aryl methyl sites for hydroxylation is 1. The normalized spacial score (nSPS) is 23.8. The number of amides is 2. The van der Waals surface area contributed by atoms with Crippen LogP contribution in [-0.2, 0) is 16.6 Å². The molecule has 1 aromatic rings. The van der Waals surface area contributed by atoms with Crippen molar-refractivity contribution in [3.63, 3.8) is 0 Å². The second-order valence-electron chi connectivity index (χ2n) is 6.67. The first-order valence-corrected chi connectivity index (χ1v) is 8.24. The summed E-state index contributed by atoms with van der Waals surface area (Å²) in [5, 5.41) is 15.8. The molecule has 1 saturated heterocycles. The van der Waals surface area contributed by atoms with Crippen LogP contribution in [0.5, 0.6) is 0 Å². The predicted octanol–water partition coefficient (Wildman–Crippen LogP) is 0.109. The number of rotatable bonds is 5. The van der Waals surface area contributed by atoms with Crippen LogP contribution in [0.1, 0.15) is 29.6 Å². The summed E-state index contributed by atoms with van der Waals surface area (Å²) in [7, 11) is 1.76. The van der Waals surface area contributed by atoms with Gasteiger partial charge in [0, 0.05) is 32.9 Å². The second-order valence-corrected chi connectivity index (χ2v) is 6.67. The molecule has 0 spiro atoms. The van der Waals surface area contributed by atoms with E-state index in [-0.39, 0.29) is 17.7 Å². The zero-order valence-corrected chi connectivity index (χ0v) is 13.6. The van der Waals surface area contributed by atoms with Gasteiger partial charge in [-0.1, -0.05) is 0 Å². The first-order valence-electron chi connectivity index (χ1n) is 8.24. The molecule has 2 atom stereocenters. The molecule has 8 nitrogen and oxygen atoms in total. The Kier molecular flexibility index (Phi) is 4.55. The molecule has 0 bridgehead atoms. The smallest absolute Gasteiger partial charge is 0.307 e. The number of likely N-dealkylation sites (tertiary alicyclic amines) is 1. The minimum absolute atomic E-state index is 0.0276. The van der Waals surface area contributed by atoms with E-state index in [2.05, 4.69) is 10.4 Å². The monoisotopic (exact) mass is 334 g/mol. The molecular formula is C16H22N4O4. The standard InChI is InChI=1S/C16H22N4O4/c1-19-9-11(8-18-19)14(21)17-7-10-2-4-20(5-3-10)15(22)12-6-13(12)16(23)24/h8-10,12-13H,2-7H2,1H3,(H,17,21)(H,23,24). The number of carbonyl (C=O) groups excluding carboxylic acids is 2. The maximum Gasteiger partial charge on any atom is 0.307 e. The van der Waals surface area contributed by atoms with Gasteiger partial charge in [-0.05, 0) is 25.2 Å². The van der Waals surface area contributed by atoms with E-state index in [0.717, 1.165) is 12.8 Å². The lowest BCUT2D eigenvalue weighted by Crippen LogP contribution is -2.42. The van der Waals surface area contributed by atoms with Gasteiger partial charge in [0.15, 0.2) is 0 Å². The minimum Gasteiger partial charge on any atom is -0.481 e. The van der Waals surface area contributed by atoms with Crippen molar-refractivity contribution in [1.29, 1.82) is 0 Å². The Bertz CT molecular complexity index is 648. The molecule has 0 radical (unpaired) electrons. The SMILES string of the molecule is Cn1cc(C(=O)NCC2CCN(C(=O)C3CC3C(=O)O)CC2)cn1. The van der Waals surface area contributed by atoms with Gasteiger partial charge in [0.1, 0.15) is 0 Å². The van der Waals surface area contributed by atoms with E-state index in [1.807, 2.05) is 0 Å². The number of aliphatic carboxylic acids is 1. The molecule has 2 fully saturated rings. The molecule has 1 aliphatic heterocycles. The van der Waals surface area contributed by atoms with Crippen molar-refractivity contribution in [1.82, 2.24) is 20.0 Å². The Balaban J connectivity index is 1.40. The quantitative estimate of drug-likeness (QED) is 0.795. The van der Waals surface area contributed by atoms with Crippen LogP contribution in [0, 0.1) is 17.8 Å². The topological polar surface area (TPSA) is 105 Å². The van der Waals surface area contributed by atoms with Crippen molar-refractivity contribution >= 4 is 17.8 Å². The van der Waals surface area contributed by atoms with Gasteiger partial charge in [-0.3, -0.25) is 19.1 Å². The third-order valence-corrected chi connectivity index (χ3v) is 4.87. The molecule has 1 saturated carbocycles. The molecule has 2 amide bonds. The van der Waals surface area contributed by atoms with Gasteiger partial charge in [-0.15, -0.1) is 0 Å². The molecule has 1 aromatic heterocycles. The van der Waals surface area contributed by atoms with E-state index in [9.17, 15) is 14.4 Å². The predicted molar refractivity (Wildman–Crippen MR) is 84.1 cm³/mol. The van der Waals surface area contributed by atoms with Crippen LogP contribution < -0.4 is 5.32 Å². The number of nitrogens with one attached hydrogen (secondary N) is 1. The highest BCUT2D eigenvalue weighted by atomic mass is 16.4. The van der Waals surface area contributed by atoms with Gasteiger partial charge < -0.3 is 15.3 Å². The number of hydrogen-bond donors (Lipinski definition) is 2. The molecule has 24 heavy (non-hydrogen) atoms. The average molecular weight is 334 g/mol. The number of hydrogen-bond acceptors (Lipinski definition) is 4. The Morgan fingerprint density at radius 1 is 1.29 bits per heavy atom. The summed E-state index contributed by atoms with van der Waals surface area (Å²) >= 11 is 0. The second kappa shape index (κ2) is 6.62. The van der Waals surface area contributed by atoms with Gasteiger partial charge in [0.25, 0.3) is 5.91 Å². The van der Waals surface area contributed by atoms with Crippen molar-refractivity contribution in [3.8, 4) is 0 Å². The number of carboxylic acid groups (broad SMARTS) is 1. The molecule has 2 aliphatic rings. The molecule has 130 valence electrons. The zero-order chi connectivity index (χ0) is 17.3. The van der Waals surface area contributed by atoms with Gasteiger partial charge in [0.2, 0.25) is 5.91 Å². The van der Waals surface area contributed by atoms with E-state index in [4.69, 9.17) is 5.11 Å². The van der Waals surface area contributed by atoms with E-state index >= 15 is 0 Å². The molecule has 2 unspecified atom stereocenters. The Morgan fingerprint density at radius 3 is 2.54 bits per heavy atom. The number of carboxylic acids is 1. The highest BCUT2D eigenvalue weighted by Crippen LogP contribution is 2.40. The molecule has 2 N–H and O–H groups in total. The third-order valence-electron chi connectivity index (χ3n) is 4.87. The molecule has 8 heteroatoms. The highest BCUT2D eigenvalue weighted by molar-refractivity contribution is 5.93. The summed E-state index contributed by atoms with van der Waals surface area (Å²) in [6.45, 7) is 1.85. The van der Waals surface area contributed by atoms with Crippen LogP contribution in [0.3, 0.4) is 0 Å².